The zero-order valence-corrected chi connectivity index (χ0v) is 23.3. The van der Waals surface area contributed by atoms with Gasteiger partial charge in [-0.05, 0) is 51.0 Å². The normalized spacial score (nSPS) is 10.9. The van der Waals surface area contributed by atoms with Crippen molar-refractivity contribution in [1.82, 2.24) is 0 Å². The molecule has 0 amide bonds. The van der Waals surface area contributed by atoms with Crippen LogP contribution in [-0.2, 0) is 39.0 Å². The molecule has 174 valence electrons. The smallest absolute Gasteiger partial charge is 0.496 e. The number of rotatable bonds is 4. The summed E-state index contributed by atoms with van der Waals surface area (Å²) in [7, 11) is 0. The molecule has 0 atom stereocenters. The van der Waals surface area contributed by atoms with Gasteiger partial charge in [0.15, 0.2) is 0 Å². The second kappa shape index (κ2) is 10.8. The van der Waals surface area contributed by atoms with E-state index in [4.69, 9.17) is 8.83 Å². The molecular formula is C32H30O2Zr. The van der Waals surface area contributed by atoms with Crippen molar-refractivity contribution in [3.63, 3.8) is 0 Å². The molecule has 0 aliphatic rings. The molecule has 6 aromatic rings. The summed E-state index contributed by atoms with van der Waals surface area (Å²) in [6.45, 7) is 8.34. The third-order valence-corrected chi connectivity index (χ3v) is 6.49. The van der Waals surface area contributed by atoms with Gasteiger partial charge in [-0.15, -0.1) is 57.9 Å². The molecule has 0 fully saturated rings. The number of hydrogen-bond acceptors (Lipinski definition) is 2. The van der Waals surface area contributed by atoms with Crippen molar-refractivity contribution < 1.29 is 35.0 Å². The predicted molar refractivity (Wildman–Crippen MR) is 143 cm³/mol. The Labute approximate surface area is 226 Å². The molecule has 0 unspecified atom stereocenters. The Bertz CT molecular complexity index is 1430. The summed E-state index contributed by atoms with van der Waals surface area (Å²) in [4.78, 5) is 0. The van der Waals surface area contributed by atoms with Gasteiger partial charge in [-0.3, -0.25) is 0 Å². The van der Waals surface area contributed by atoms with Crippen LogP contribution in [0.1, 0.15) is 36.5 Å². The zero-order valence-electron chi connectivity index (χ0n) is 20.8. The van der Waals surface area contributed by atoms with E-state index in [0.717, 1.165) is 35.9 Å². The van der Waals surface area contributed by atoms with Crippen LogP contribution in [0.25, 0.3) is 44.2 Å². The summed E-state index contributed by atoms with van der Waals surface area (Å²) in [5.41, 5.74) is 5.15. The topological polar surface area (TPSA) is 26.3 Å². The molecule has 0 aliphatic carbocycles. The molecule has 0 spiro atoms. The van der Waals surface area contributed by atoms with Crippen molar-refractivity contribution in [1.29, 1.82) is 0 Å². The molecule has 2 aromatic heterocycles. The Hall–Kier alpha value is -2.90. The standard InChI is InChI=1S/2C16H15O.Zr/c2*1-3-12-5-4-6-13-9-14(10-15(12)13)16-8-7-11(2)17-16;/h2*4-10H,3H2,1-2H3;/q2*-1;+2. The van der Waals surface area contributed by atoms with Gasteiger partial charge in [-0.2, -0.15) is 0 Å². The van der Waals surface area contributed by atoms with Crippen LogP contribution in [0.5, 0.6) is 0 Å². The van der Waals surface area contributed by atoms with Gasteiger partial charge in [0.2, 0.25) is 0 Å². The molecule has 0 bridgehead atoms. The molecule has 2 nitrogen and oxygen atoms in total. The minimum absolute atomic E-state index is 0. The molecule has 0 saturated heterocycles. The Morgan fingerprint density at radius 2 is 1.03 bits per heavy atom. The van der Waals surface area contributed by atoms with E-state index in [9.17, 15) is 0 Å². The van der Waals surface area contributed by atoms with Crippen LogP contribution in [-0.4, -0.2) is 0 Å². The average Bonchev–Trinajstić information content (AvgIpc) is 3.63. The second-order valence-corrected chi connectivity index (χ2v) is 8.86. The molecule has 6 rings (SSSR count). The molecule has 0 saturated carbocycles. The molecule has 0 radical (unpaired) electrons. The number of fused-ring (bicyclic) bond motifs is 2. The Morgan fingerprint density at radius 1 is 0.600 bits per heavy atom. The summed E-state index contributed by atoms with van der Waals surface area (Å²) < 4.78 is 11.3. The van der Waals surface area contributed by atoms with Crippen molar-refractivity contribution in [2.45, 2.75) is 40.5 Å². The molecule has 3 heteroatoms. The Morgan fingerprint density at radius 3 is 1.37 bits per heavy atom. The van der Waals surface area contributed by atoms with E-state index in [1.54, 1.807) is 0 Å². The number of benzene rings is 2. The average molecular weight is 538 g/mol. The van der Waals surface area contributed by atoms with Crippen LogP contribution in [0.2, 0.25) is 0 Å². The largest absolute Gasteiger partial charge is 2.00 e. The van der Waals surface area contributed by atoms with Gasteiger partial charge in [0, 0.05) is 0 Å². The van der Waals surface area contributed by atoms with Gasteiger partial charge in [0.1, 0.15) is 0 Å². The quantitative estimate of drug-likeness (QED) is 0.209. The summed E-state index contributed by atoms with van der Waals surface area (Å²) in [6.07, 6.45) is 2.13. The third-order valence-electron chi connectivity index (χ3n) is 6.49. The van der Waals surface area contributed by atoms with Crippen LogP contribution in [0.15, 0.2) is 93.8 Å². The molecular weight excluding hydrogens is 508 g/mol. The SMILES string of the molecule is CCc1cccc2[cH-]c(-c3ccc(C)o3)cc12.CCc1cccc2[cH-]c(-c3ccc(C)o3)cc12.[Zr+2]. The van der Waals surface area contributed by atoms with Crippen LogP contribution in [0.4, 0.5) is 0 Å². The van der Waals surface area contributed by atoms with Crippen molar-refractivity contribution in [2.24, 2.45) is 0 Å². The number of hydrogen-bond donors (Lipinski definition) is 0. The van der Waals surface area contributed by atoms with Crippen molar-refractivity contribution in [3.8, 4) is 22.6 Å². The number of aryl methyl sites for hydroxylation is 4. The van der Waals surface area contributed by atoms with Gasteiger partial charge in [-0.25, -0.2) is 0 Å². The third kappa shape index (κ3) is 5.21. The first-order valence-corrected chi connectivity index (χ1v) is 12.1. The predicted octanol–water partition coefficient (Wildman–Crippen LogP) is 9.38. The second-order valence-electron chi connectivity index (χ2n) is 8.86. The zero-order chi connectivity index (χ0) is 23.7. The van der Waals surface area contributed by atoms with E-state index in [0.29, 0.717) is 0 Å². The van der Waals surface area contributed by atoms with Crippen LogP contribution >= 0.6 is 0 Å². The van der Waals surface area contributed by atoms with Crippen LogP contribution in [0.3, 0.4) is 0 Å². The molecule has 0 N–H and O–H groups in total. The van der Waals surface area contributed by atoms with Crippen LogP contribution in [0, 0.1) is 13.8 Å². The van der Waals surface area contributed by atoms with Gasteiger partial charge in [0.25, 0.3) is 0 Å². The number of furan rings is 2. The van der Waals surface area contributed by atoms with Crippen molar-refractivity contribution >= 4 is 21.5 Å². The van der Waals surface area contributed by atoms with E-state index in [1.165, 1.54) is 43.8 Å². The Kier molecular flexibility index (Phi) is 7.77. The minimum atomic E-state index is 0. The fraction of sp³-hybridized carbons (Fsp3) is 0.188. The van der Waals surface area contributed by atoms with E-state index in [2.05, 4.69) is 74.5 Å². The fourth-order valence-electron chi connectivity index (χ4n) is 4.68. The van der Waals surface area contributed by atoms with Gasteiger partial charge < -0.3 is 8.83 Å². The molecule has 35 heavy (non-hydrogen) atoms. The van der Waals surface area contributed by atoms with E-state index in [1.807, 2.05) is 38.1 Å². The maximum atomic E-state index is 5.67. The van der Waals surface area contributed by atoms with Crippen molar-refractivity contribution in [3.05, 3.63) is 108 Å². The van der Waals surface area contributed by atoms with E-state index < -0.39 is 0 Å². The van der Waals surface area contributed by atoms with Gasteiger partial charge >= 0.3 is 26.2 Å². The summed E-state index contributed by atoms with van der Waals surface area (Å²) >= 11 is 0. The summed E-state index contributed by atoms with van der Waals surface area (Å²) in [5, 5.41) is 5.29. The monoisotopic (exact) mass is 536 g/mol. The van der Waals surface area contributed by atoms with E-state index >= 15 is 0 Å². The fourth-order valence-corrected chi connectivity index (χ4v) is 4.68. The summed E-state index contributed by atoms with van der Waals surface area (Å²) in [5.74, 6) is 3.84. The first kappa shape index (κ1) is 25.2. The van der Waals surface area contributed by atoms with Gasteiger partial charge in [0.05, 0.1) is 23.0 Å². The first-order chi connectivity index (χ1) is 16.6. The first-order valence-electron chi connectivity index (χ1n) is 12.1. The maximum Gasteiger partial charge on any atom is 2.00 e. The minimum Gasteiger partial charge on any atom is -0.496 e. The Balaban J connectivity index is 0.000000160. The van der Waals surface area contributed by atoms with Crippen molar-refractivity contribution in [2.75, 3.05) is 0 Å². The van der Waals surface area contributed by atoms with Crippen LogP contribution < -0.4 is 0 Å². The molecule has 0 aliphatic heterocycles. The molecule has 2 heterocycles. The molecule has 4 aromatic carbocycles. The summed E-state index contributed by atoms with van der Waals surface area (Å²) in [6, 6.07) is 29.9. The maximum absolute atomic E-state index is 5.67. The van der Waals surface area contributed by atoms with Gasteiger partial charge in [-0.1, -0.05) is 60.4 Å². The van der Waals surface area contributed by atoms with E-state index in [-0.39, 0.29) is 26.2 Å².